The van der Waals surface area contributed by atoms with Crippen molar-refractivity contribution in [1.29, 1.82) is 0 Å². The number of amides is 3. The molecule has 8 aromatic rings. The van der Waals surface area contributed by atoms with Crippen LogP contribution in [-0.4, -0.2) is 100 Å². The van der Waals surface area contributed by atoms with Crippen LogP contribution in [0.15, 0.2) is 194 Å². The number of unbranched alkanes of at least 4 members (excludes halogenated alkanes) is 1. The van der Waals surface area contributed by atoms with E-state index in [1.165, 1.54) is 51.7 Å². The second kappa shape index (κ2) is 34.0. The number of nitro benzene ring substituents is 3. The maximum Gasteiger partial charge on any atom is 0.339 e. The summed E-state index contributed by atoms with van der Waals surface area (Å²) in [6, 6.07) is 56.4. The molecule has 10 rings (SSSR count). The molecule has 0 bridgehead atoms. The lowest BCUT2D eigenvalue weighted by Gasteiger charge is -2.22. The van der Waals surface area contributed by atoms with Gasteiger partial charge in [0.25, 0.3) is 17.1 Å². The molecule has 8 aromatic carbocycles. The summed E-state index contributed by atoms with van der Waals surface area (Å²) in [5.41, 5.74) is 1.03. The van der Waals surface area contributed by atoms with E-state index < -0.39 is 54.5 Å². The van der Waals surface area contributed by atoms with Crippen molar-refractivity contribution in [2.75, 3.05) is 32.4 Å². The molecule has 27 heteroatoms. The van der Waals surface area contributed by atoms with E-state index in [9.17, 15) is 59.1 Å². The summed E-state index contributed by atoms with van der Waals surface area (Å²) < 4.78 is 14.4. The van der Waals surface area contributed by atoms with Gasteiger partial charge in [0, 0.05) is 70.1 Å². The van der Waals surface area contributed by atoms with E-state index in [1.807, 2.05) is 115 Å². The number of anilines is 1. The van der Waals surface area contributed by atoms with E-state index in [-0.39, 0.29) is 62.3 Å². The molecule has 92 heavy (non-hydrogen) atoms. The highest BCUT2D eigenvalue weighted by Gasteiger charge is 2.42. The van der Waals surface area contributed by atoms with E-state index >= 15 is 0 Å². The summed E-state index contributed by atoms with van der Waals surface area (Å²) in [5.74, 6) is -1.85. The standard InChI is InChI=1S/C30H32N3O4PS.C20H16NO4P.C8H6ClNO4.C7H4ClNO4/c1-37-29(35)23-17-16-20(18-25(23)38(21-10-4-2-5-11-21)22-12-6-3-7-13-22)31-27(34)15-9-8-14-26-28-24(19-39-26)32-30(36)33-28;1-25-20(22)18-13-12-15(21(23)24)14-19(18)26(16-8-4-2-5-9-16)17-10-6-3-7-11-17;1-14-8(11)6-3-2-5(10(12)13)4-7(6)9;8-6-3-4(9(12)13)1-2-5(6)7(10)11/h2-7,10-13,16-18,24,26,28H,8-9,14-15,19H2,1H3,(H,31,34)(H2,32,33,36);2-14H,1H3;2-4H,1H3;1-3H,(H,10,11)/t24?,26-,28?;;;/m1.../s1. The SMILES string of the molecule is COC(=O)c1ccc(NC(=O)CCCC[C@H]2SCC3NC(=O)NC32)cc1P(c1ccccc1)c1ccccc1.COC(=O)c1ccc([N+](=O)[O-])cc1Cl.COC(=O)c1ccc([N+](=O)[O-])cc1P(c1ccccc1)c1ccccc1.O=C(O)c1ccc([N+](=O)[O-])cc1Cl. The molecule has 2 aliphatic rings. The Labute approximate surface area is 543 Å². The van der Waals surface area contributed by atoms with Crippen LogP contribution in [0.2, 0.25) is 10.0 Å². The number of carboxylic acids is 1. The summed E-state index contributed by atoms with van der Waals surface area (Å²) >= 11 is 13.0. The van der Waals surface area contributed by atoms with Gasteiger partial charge in [0.1, 0.15) is 0 Å². The van der Waals surface area contributed by atoms with E-state index in [1.54, 1.807) is 12.1 Å². The lowest BCUT2D eigenvalue weighted by Crippen LogP contribution is -2.36. The van der Waals surface area contributed by atoms with Crippen molar-refractivity contribution in [3.63, 3.8) is 0 Å². The van der Waals surface area contributed by atoms with Crippen LogP contribution in [-0.2, 0) is 19.0 Å². The summed E-state index contributed by atoms with van der Waals surface area (Å²) in [7, 11) is 1.69. The molecular formula is C65H58Cl2N6O16P2S. The lowest BCUT2D eigenvalue weighted by molar-refractivity contribution is -0.385. The predicted octanol–water partition coefficient (Wildman–Crippen LogP) is 11.0. The lowest BCUT2D eigenvalue weighted by atomic mass is 10.0. The number of halogens is 2. The predicted molar refractivity (Wildman–Crippen MR) is 357 cm³/mol. The fourth-order valence-electron chi connectivity index (χ4n) is 9.52. The number of methoxy groups -OCH3 is 3. The highest BCUT2D eigenvalue weighted by molar-refractivity contribution is 8.00. The van der Waals surface area contributed by atoms with E-state index in [2.05, 4.69) is 45.0 Å². The van der Waals surface area contributed by atoms with Gasteiger partial charge in [-0.15, -0.1) is 0 Å². The minimum Gasteiger partial charge on any atom is -0.478 e. The molecule has 2 aliphatic heterocycles. The molecule has 0 spiro atoms. The third kappa shape index (κ3) is 18.7. The number of hydrogen-bond acceptors (Lipinski definition) is 16. The molecule has 2 unspecified atom stereocenters. The Bertz CT molecular complexity index is 3900. The fourth-order valence-corrected chi connectivity index (χ4v) is 16.5. The van der Waals surface area contributed by atoms with Gasteiger partial charge >= 0.3 is 29.9 Å². The first-order valence-corrected chi connectivity index (χ1v) is 32.3. The molecular weight excluding hydrogens is 1290 g/mol. The average molecular weight is 1340 g/mol. The van der Waals surface area contributed by atoms with Crippen molar-refractivity contribution in [2.45, 2.75) is 43.0 Å². The first-order chi connectivity index (χ1) is 44.2. The Morgan fingerprint density at radius 1 is 0.543 bits per heavy atom. The number of carbonyl (C=O) groups is 6. The highest BCUT2D eigenvalue weighted by Crippen LogP contribution is 2.38. The summed E-state index contributed by atoms with van der Waals surface area (Å²) in [4.78, 5) is 101. The zero-order valence-electron chi connectivity index (χ0n) is 49.2. The molecule has 2 fully saturated rings. The number of nitrogens with zero attached hydrogens (tertiary/aromatic N) is 3. The van der Waals surface area contributed by atoms with Crippen molar-refractivity contribution in [3.05, 3.63) is 257 Å². The molecule has 3 atom stereocenters. The molecule has 0 saturated carbocycles. The van der Waals surface area contributed by atoms with Gasteiger partial charge in [-0.25, -0.2) is 24.0 Å². The van der Waals surface area contributed by atoms with Gasteiger partial charge in [0.2, 0.25) is 5.91 Å². The number of benzene rings is 8. The van der Waals surface area contributed by atoms with E-state index in [4.69, 9.17) is 37.8 Å². The Kier molecular flexibility index (Phi) is 25.8. The van der Waals surface area contributed by atoms with Crippen molar-refractivity contribution in [2.24, 2.45) is 0 Å². The van der Waals surface area contributed by atoms with Crippen molar-refractivity contribution in [1.82, 2.24) is 10.6 Å². The van der Waals surface area contributed by atoms with Crippen LogP contribution in [0, 0.1) is 30.3 Å². The monoisotopic (exact) mass is 1340 g/mol. The number of thioether (sulfide) groups is 1. The topological polar surface area (TPSA) is 316 Å². The first kappa shape index (κ1) is 69.8. The molecule has 0 aliphatic carbocycles. The van der Waals surface area contributed by atoms with Gasteiger partial charge in [-0.05, 0) is 86.3 Å². The Morgan fingerprint density at radius 3 is 1.35 bits per heavy atom. The van der Waals surface area contributed by atoms with Gasteiger partial charge in [0.15, 0.2) is 0 Å². The molecule has 22 nitrogen and oxygen atoms in total. The van der Waals surface area contributed by atoms with Crippen molar-refractivity contribution < 1.29 is 62.9 Å². The number of hydrogen-bond donors (Lipinski definition) is 4. The third-order valence-corrected chi connectivity index (χ3v) is 21.0. The number of rotatable bonds is 19. The highest BCUT2D eigenvalue weighted by atomic mass is 35.5. The number of ether oxygens (including phenoxy) is 3. The Morgan fingerprint density at radius 2 is 0.935 bits per heavy atom. The van der Waals surface area contributed by atoms with Crippen LogP contribution in [0.5, 0.6) is 0 Å². The first-order valence-electron chi connectivity index (χ1n) is 27.8. The minimum atomic E-state index is -1.21. The van der Waals surface area contributed by atoms with E-state index in [0.717, 1.165) is 75.8 Å². The largest absolute Gasteiger partial charge is 0.478 e. The molecule has 2 heterocycles. The zero-order chi connectivity index (χ0) is 66.4. The fraction of sp³-hybridized carbons (Fsp3) is 0.169. The number of fused-ring (bicyclic) bond motifs is 1. The summed E-state index contributed by atoms with van der Waals surface area (Å²) in [6.45, 7) is 0. The molecule has 0 aromatic heterocycles. The molecule has 0 radical (unpaired) electrons. The number of aromatic carboxylic acids is 1. The number of carboxylic acid groups (broad SMARTS) is 1. The maximum absolute atomic E-state index is 12.9. The van der Waals surface area contributed by atoms with Crippen molar-refractivity contribution >= 4 is 141 Å². The molecule has 2 saturated heterocycles. The number of esters is 3. The second-order valence-electron chi connectivity index (χ2n) is 19.7. The van der Waals surface area contributed by atoms with Crippen LogP contribution in [0.1, 0.15) is 67.1 Å². The summed E-state index contributed by atoms with van der Waals surface area (Å²) in [6.07, 6.45) is 3.08. The molecule has 4 N–H and O–H groups in total. The third-order valence-electron chi connectivity index (χ3n) is 13.9. The Balaban J connectivity index is 0.000000194. The number of nitro groups is 3. The van der Waals surface area contributed by atoms with Crippen LogP contribution < -0.4 is 47.8 Å². The normalized spacial score (nSPS) is 14.2. The van der Waals surface area contributed by atoms with Crippen LogP contribution >= 0.6 is 50.8 Å². The quantitative estimate of drug-likeness (QED) is 0.0111. The molecule has 474 valence electrons. The molecule has 3 amide bonds. The zero-order valence-corrected chi connectivity index (χ0v) is 53.3. The number of nitrogens with one attached hydrogen (secondary N) is 3. The Hall–Kier alpha value is -9.63. The van der Waals surface area contributed by atoms with Gasteiger partial charge < -0.3 is 35.3 Å². The van der Waals surface area contributed by atoms with Crippen molar-refractivity contribution in [3.8, 4) is 0 Å². The van der Waals surface area contributed by atoms with Gasteiger partial charge in [0.05, 0.1) is 80.5 Å². The maximum atomic E-state index is 12.9. The van der Waals surface area contributed by atoms with Gasteiger partial charge in [-0.3, -0.25) is 35.1 Å². The summed E-state index contributed by atoms with van der Waals surface area (Å²) in [5, 5.41) is 55.4. The van der Waals surface area contributed by atoms with Crippen LogP contribution in [0.25, 0.3) is 0 Å². The van der Waals surface area contributed by atoms with E-state index in [0.29, 0.717) is 33.8 Å². The second-order valence-corrected chi connectivity index (χ2v) is 26.2. The number of urea groups is 1. The average Bonchev–Trinajstić information content (AvgIpc) is 1.05. The number of non-ortho nitro benzene ring substituents is 3. The minimum absolute atomic E-state index is 0.00560. The van der Waals surface area contributed by atoms with Gasteiger partial charge in [-0.1, -0.05) is 151 Å². The van der Waals surface area contributed by atoms with Crippen LogP contribution in [0.3, 0.4) is 0 Å². The van der Waals surface area contributed by atoms with Gasteiger partial charge in [-0.2, -0.15) is 11.8 Å². The number of carbonyl (C=O) groups excluding carboxylic acids is 5. The smallest absolute Gasteiger partial charge is 0.339 e. The van der Waals surface area contributed by atoms with Crippen LogP contribution in [0.4, 0.5) is 27.5 Å².